The molecule has 1 aliphatic carbocycles. The highest BCUT2D eigenvalue weighted by atomic mass is 14.9. The Labute approximate surface area is 186 Å². The van der Waals surface area contributed by atoms with Crippen LogP contribution in [0.3, 0.4) is 0 Å². The fourth-order valence-electron chi connectivity index (χ4n) is 5.27. The molecule has 1 nitrogen and oxygen atoms in total. The largest absolute Gasteiger partial charge is 0.310 e. The summed E-state index contributed by atoms with van der Waals surface area (Å²) in [6.07, 6.45) is 2.36. The van der Waals surface area contributed by atoms with E-state index in [1.165, 1.54) is 45.0 Å². The molecule has 5 rings (SSSR count). The predicted molar refractivity (Wildman–Crippen MR) is 132 cm³/mol. The molecule has 0 aliphatic heterocycles. The van der Waals surface area contributed by atoms with Gasteiger partial charge in [0.05, 0.1) is 0 Å². The lowest BCUT2D eigenvalue weighted by molar-refractivity contribution is 0.384. The van der Waals surface area contributed by atoms with Gasteiger partial charge in [-0.2, -0.15) is 0 Å². The molecule has 0 bridgehead atoms. The summed E-state index contributed by atoms with van der Waals surface area (Å²) in [5.74, 6) is 1.13. The van der Waals surface area contributed by atoms with Crippen LogP contribution in [0.2, 0.25) is 0 Å². The van der Waals surface area contributed by atoms with Gasteiger partial charge in [-0.05, 0) is 72.2 Å². The van der Waals surface area contributed by atoms with Crippen LogP contribution in [0.4, 0.5) is 0 Å². The highest BCUT2D eigenvalue weighted by Crippen LogP contribution is 2.39. The molecule has 0 saturated heterocycles. The first-order chi connectivity index (χ1) is 15.2. The van der Waals surface area contributed by atoms with E-state index in [4.69, 9.17) is 0 Å². The first kappa shape index (κ1) is 20.0. The molecule has 0 amide bonds. The number of rotatable bonds is 5. The highest BCUT2D eigenvalue weighted by molar-refractivity contribution is 5.86. The first-order valence-electron chi connectivity index (χ1n) is 11.5. The normalized spacial score (nSPS) is 19.2. The van der Waals surface area contributed by atoms with Crippen molar-refractivity contribution in [3.8, 4) is 0 Å². The number of hydrogen-bond acceptors (Lipinski definition) is 1. The van der Waals surface area contributed by atoms with Crippen molar-refractivity contribution in [3.05, 3.63) is 119 Å². The SMILES string of the molecule is Cc1ccc(C2CC(CN[C@H](C)c3cccc4ccccc34)Cc3ccccc32)cc1. The van der Waals surface area contributed by atoms with Crippen molar-refractivity contribution in [2.75, 3.05) is 6.54 Å². The summed E-state index contributed by atoms with van der Waals surface area (Å²) in [7, 11) is 0. The van der Waals surface area contributed by atoms with Crippen molar-refractivity contribution in [1.29, 1.82) is 0 Å². The second-order valence-electron chi connectivity index (χ2n) is 9.17. The first-order valence-corrected chi connectivity index (χ1v) is 11.5. The van der Waals surface area contributed by atoms with Crippen LogP contribution in [-0.4, -0.2) is 6.54 Å². The van der Waals surface area contributed by atoms with Gasteiger partial charge < -0.3 is 5.32 Å². The van der Waals surface area contributed by atoms with E-state index in [0.29, 0.717) is 17.9 Å². The van der Waals surface area contributed by atoms with Crippen molar-refractivity contribution in [3.63, 3.8) is 0 Å². The smallest absolute Gasteiger partial charge is 0.0298 e. The molecule has 0 radical (unpaired) electrons. The number of fused-ring (bicyclic) bond motifs is 2. The molecule has 1 aliphatic rings. The van der Waals surface area contributed by atoms with E-state index in [-0.39, 0.29) is 0 Å². The van der Waals surface area contributed by atoms with Crippen molar-refractivity contribution in [2.24, 2.45) is 5.92 Å². The van der Waals surface area contributed by atoms with E-state index in [2.05, 4.69) is 110 Å². The third-order valence-corrected chi connectivity index (χ3v) is 6.99. The van der Waals surface area contributed by atoms with Crippen LogP contribution < -0.4 is 5.32 Å². The summed E-state index contributed by atoms with van der Waals surface area (Å²) in [5.41, 5.74) is 7.21. The van der Waals surface area contributed by atoms with Gasteiger partial charge in [-0.25, -0.2) is 0 Å². The lowest BCUT2D eigenvalue weighted by Gasteiger charge is -2.33. The van der Waals surface area contributed by atoms with Gasteiger partial charge in [0.1, 0.15) is 0 Å². The molecule has 0 saturated carbocycles. The van der Waals surface area contributed by atoms with Crippen molar-refractivity contribution >= 4 is 10.8 Å². The van der Waals surface area contributed by atoms with Gasteiger partial charge in [0.2, 0.25) is 0 Å². The maximum absolute atomic E-state index is 3.87. The van der Waals surface area contributed by atoms with E-state index in [1.54, 1.807) is 0 Å². The summed E-state index contributed by atoms with van der Waals surface area (Å²) in [4.78, 5) is 0. The van der Waals surface area contributed by atoms with Gasteiger partial charge in [-0.1, -0.05) is 96.6 Å². The fraction of sp³-hybridized carbons (Fsp3) is 0.267. The van der Waals surface area contributed by atoms with Gasteiger partial charge in [0.25, 0.3) is 0 Å². The third-order valence-electron chi connectivity index (χ3n) is 6.99. The predicted octanol–water partition coefficient (Wildman–Crippen LogP) is 7.19. The van der Waals surface area contributed by atoms with Crippen LogP contribution in [0.15, 0.2) is 91.0 Å². The Morgan fingerprint density at radius 2 is 1.58 bits per heavy atom. The molecule has 0 spiro atoms. The Bertz CT molecular complexity index is 1170. The summed E-state index contributed by atoms with van der Waals surface area (Å²) >= 11 is 0. The average molecular weight is 406 g/mol. The quantitative estimate of drug-likeness (QED) is 0.370. The van der Waals surface area contributed by atoms with Crippen LogP contribution in [0.5, 0.6) is 0 Å². The van der Waals surface area contributed by atoms with Gasteiger partial charge in [0.15, 0.2) is 0 Å². The van der Waals surface area contributed by atoms with Crippen LogP contribution >= 0.6 is 0 Å². The molecule has 31 heavy (non-hydrogen) atoms. The zero-order valence-corrected chi connectivity index (χ0v) is 18.5. The number of nitrogens with one attached hydrogen (secondary N) is 1. The van der Waals surface area contributed by atoms with E-state index in [0.717, 1.165) is 13.0 Å². The van der Waals surface area contributed by atoms with Crippen molar-refractivity contribution in [2.45, 2.75) is 38.6 Å². The Morgan fingerprint density at radius 3 is 2.45 bits per heavy atom. The third kappa shape index (κ3) is 4.16. The fourth-order valence-corrected chi connectivity index (χ4v) is 5.27. The zero-order chi connectivity index (χ0) is 21.2. The average Bonchev–Trinajstić information content (AvgIpc) is 2.82. The number of benzene rings is 4. The number of aryl methyl sites for hydroxylation is 1. The van der Waals surface area contributed by atoms with Crippen LogP contribution in [-0.2, 0) is 6.42 Å². The molecule has 2 unspecified atom stereocenters. The van der Waals surface area contributed by atoms with E-state index < -0.39 is 0 Å². The summed E-state index contributed by atoms with van der Waals surface area (Å²) in [6, 6.07) is 33.9. The Balaban J connectivity index is 1.35. The second-order valence-corrected chi connectivity index (χ2v) is 9.17. The van der Waals surface area contributed by atoms with Gasteiger partial charge >= 0.3 is 0 Å². The molecule has 1 heteroatoms. The van der Waals surface area contributed by atoms with Crippen molar-refractivity contribution in [1.82, 2.24) is 5.32 Å². The van der Waals surface area contributed by atoms with Crippen LogP contribution in [0.25, 0.3) is 10.8 Å². The zero-order valence-electron chi connectivity index (χ0n) is 18.5. The lowest BCUT2D eigenvalue weighted by atomic mass is 9.74. The summed E-state index contributed by atoms with van der Waals surface area (Å²) in [5, 5.41) is 6.55. The summed E-state index contributed by atoms with van der Waals surface area (Å²) in [6.45, 7) is 5.51. The number of hydrogen-bond donors (Lipinski definition) is 1. The monoisotopic (exact) mass is 405 g/mol. The van der Waals surface area contributed by atoms with Gasteiger partial charge in [-0.15, -0.1) is 0 Å². The van der Waals surface area contributed by atoms with E-state index >= 15 is 0 Å². The van der Waals surface area contributed by atoms with E-state index in [9.17, 15) is 0 Å². The minimum atomic E-state index is 0.334. The van der Waals surface area contributed by atoms with Crippen molar-refractivity contribution < 1.29 is 0 Å². The van der Waals surface area contributed by atoms with Gasteiger partial charge in [0, 0.05) is 12.0 Å². The van der Waals surface area contributed by atoms with Gasteiger partial charge in [-0.3, -0.25) is 0 Å². The molecular formula is C30H31N. The highest BCUT2D eigenvalue weighted by Gasteiger charge is 2.28. The Hall–Kier alpha value is -2.90. The minimum Gasteiger partial charge on any atom is -0.310 e. The molecule has 0 heterocycles. The maximum atomic E-state index is 3.87. The summed E-state index contributed by atoms with van der Waals surface area (Å²) < 4.78 is 0. The molecule has 3 atom stereocenters. The molecule has 156 valence electrons. The molecule has 0 aromatic heterocycles. The maximum Gasteiger partial charge on any atom is 0.0298 e. The lowest BCUT2D eigenvalue weighted by Crippen LogP contribution is -2.31. The Morgan fingerprint density at radius 1 is 0.839 bits per heavy atom. The second kappa shape index (κ2) is 8.69. The topological polar surface area (TPSA) is 12.0 Å². The molecule has 1 N–H and O–H groups in total. The Kier molecular flexibility index (Phi) is 5.61. The molecule has 4 aromatic rings. The standard InChI is InChI=1S/C30H31N/c1-21-14-16-25(17-15-21)30-19-23(18-26-9-4-6-12-29(26)30)20-31-22(2)27-13-7-10-24-8-3-5-11-28(24)27/h3-17,22-23,30-31H,18-20H2,1-2H3/t22-,23?,30?/m1/s1. The molecule has 0 fully saturated rings. The minimum absolute atomic E-state index is 0.334. The van der Waals surface area contributed by atoms with Crippen LogP contribution in [0.1, 0.15) is 53.1 Å². The molecular weight excluding hydrogens is 374 g/mol. The van der Waals surface area contributed by atoms with Crippen LogP contribution in [0, 0.1) is 12.8 Å². The molecule has 4 aromatic carbocycles. The van der Waals surface area contributed by atoms with E-state index in [1.807, 2.05) is 0 Å².